The van der Waals surface area contributed by atoms with Crippen molar-refractivity contribution in [3.63, 3.8) is 0 Å². The van der Waals surface area contributed by atoms with Gasteiger partial charge in [-0.3, -0.25) is 9.59 Å². The lowest BCUT2D eigenvalue weighted by atomic mass is 10.0. The zero-order chi connectivity index (χ0) is 13.7. The van der Waals surface area contributed by atoms with Crippen LogP contribution in [0, 0.1) is 5.92 Å². The molecule has 18 heavy (non-hydrogen) atoms. The lowest BCUT2D eigenvalue weighted by Crippen LogP contribution is -2.31. The van der Waals surface area contributed by atoms with Crippen molar-refractivity contribution >= 4 is 27.8 Å². The van der Waals surface area contributed by atoms with Gasteiger partial charge in [0, 0.05) is 30.7 Å². The van der Waals surface area contributed by atoms with Crippen LogP contribution in [0.3, 0.4) is 0 Å². The Morgan fingerprint density at radius 1 is 1.56 bits per heavy atom. The Bertz CT molecular complexity index is 443. The van der Waals surface area contributed by atoms with Crippen LogP contribution in [-0.4, -0.2) is 28.1 Å². The number of aliphatic carboxylic acids is 1. The molecule has 100 valence electrons. The first-order valence-electron chi connectivity index (χ1n) is 5.75. The van der Waals surface area contributed by atoms with Crippen LogP contribution in [0.4, 0.5) is 0 Å². The molecule has 0 aromatic carbocycles. The number of hydrogen-bond donors (Lipinski definition) is 2. The van der Waals surface area contributed by atoms with Crippen molar-refractivity contribution in [2.75, 3.05) is 6.54 Å². The van der Waals surface area contributed by atoms with Crippen LogP contribution in [0.5, 0.6) is 0 Å². The van der Waals surface area contributed by atoms with E-state index in [-0.39, 0.29) is 18.2 Å². The highest BCUT2D eigenvalue weighted by Gasteiger charge is 2.15. The van der Waals surface area contributed by atoms with Crippen LogP contribution in [0.2, 0.25) is 0 Å². The van der Waals surface area contributed by atoms with Crippen LogP contribution in [0.25, 0.3) is 0 Å². The summed E-state index contributed by atoms with van der Waals surface area (Å²) >= 11 is 3.30. The first-order chi connectivity index (χ1) is 8.43. The van der Waals surface area contributed by atoms with Gasteiger partial charge in [-0.2, -0.15) is 0 Å². The van der Waals surface area contributed by atoms with Gasteiger partial charge in [0.15, 0.2) is 0 Å². The molecule has 1 atom stereocenters. The zero-order valence-electron chi connectivity index (χ0n) is 10.4. The van der Waals surface area contributed by atoms with Crippen LogP contribution >= 0.6 is 15.9 Å². The molecule has 0 aliphatic carbocycles. The van der Waals surface area contributed by atoms with Crippen molar-refractivity contribution in [3.8, 4) is 0 Å². The van der Waals surface area contributed by atoms with E-state index >= 15 is 0 Å². The molecule has 0 fully saturated rings. The van der Waals surface area contributed by atoms with E-state index in [4.69, 9.17) is 5.11 Å². The number of rotatable bonds is 6. The monoisotopic (exact) mass is 316 g/mol. The maximum absolute atomic E-state index is 11.9. The summed E-state index contributed by atoms with van der Waals surface area (Å²) in [5, 5.41) is 11.5. The normalized spacial score (nSPS) is 12.2. The van der Waals surface area contributed by atoms with Gasteiger partial charge < -0.3 is 15.0 Å². The van der Waals surface area contributed by atoms with Gasteiger partial charge in [0.05, 0.1) is 0 Å². The minimum atomic E-state index is -0.835. The summed E-state index contributed by atoms with van der Waals surface area (Å²) in [6.45, 7) is 2.29. The molecule has 5 nitrogen and oxygen atoms in total. The summed E-state index contributed by atoms with van der Waals surface area (Å²) in [6, 6.07) is 1.73. The van der Waals surface area contributed by atoms with Crippen LogP contribution in [0.1, 0.15) is 30.3 Å². The summed E-state index contributed by atoms with van der Waals surface area (Å²) in [4.78, 5) is 22.5. The van der Waals surface area contributed by atoms with Gasteiger partial charge in [-0.15, -0.1) is 0 Å². The van der Waals surface area contributed by atoms with E-state index in [1.165, 1.54) is 0 Å². The number of amides is 1. The van der Waals surface area contributed by atoms with Gasteiger partial charge in [-0.1, -0.05) is 13.3 Å². The van der Waals surface area contributed by atoms with Crippen molar-refractivity contribution in [1.82, 2.24) is 9.88 Å². The summed E-state index contributed by atoms with van der Waals surface area (Å²) in [5.74, 6) is -1.06. The smallest absolute Gasteiger partial charge is 0.303 e. The Hall–Kier alpha value is -1.30. The van der Waals surface area contributed by atoms with E-state index in [1.807, 2.05) is 6.92 Å². The predicted molar refractivity (Wildman–Crippen MR) is 71.5 cm³/mol. The molecule has 0 spiro atoms. The topological polar surface area (TPSA) is 71.3 Å². The summed E-state index contributed by atoms with van der Waals surface area (Å²) in [7, 11) is 1.79. The van der Waals surface area contributed by atoms with Crippen molar-refractivity contribution < 1.29 is 14.7 Å². The van der Waals surface area contributed by atoms with Gasteiger partial charge in [0.1, 0.15) is 5.69 Å². The van der Waals surface area contributed by atoms with Gasteiger partial charge >= 0.3 is 5.97 Å². The molecule has 1 aromatic heterocycles. The molecule has 0 radical (unpaired) electrons. The third-order valence-electron chi connectivity index (χ3n) is 2.80. The van der Waals surface area contributed by atoms with E-state index in [1.54, 1.807) is 23.9 Å². The van der Waals surface area contributed by atoms with Gasteiger partial charge in [0.2, 0.25) is 0 Å². The number of halogens is 1. The maximum atomic E-state index is 11.9. The fourth-order valence-corrected chi connectivity index (χ4v) is 2.21. The highest BCUT2D eigenvalue weighted by atomic mass is 79.9. The van der Waals surface area contributed by atoms with Crippen molar-refractivity contribution in [2.24, 2.45) is 13.0 Å². The second-order valence-electron chi connectivity index (χ2n) is 4.24. The summed E-state index contributed by atoms with van der Waals surface area (Å²) in [6.07, 6.45) is 2.60. The molecule has 1 amide bonds. The average molecular weight is 317 g/mol. The van der Waals surface area contributed by atoms with E-state index in [0.29, 0.717) is 12.2 Å². The highest BCUT2D eigenvalue weighted by Crippen LogP contribution is 2.14. The second kappa shape index (κ2) is 6.58. The van der Waals surface area contributed by atoms with Crippen LogP contribution in [0.15, 0.2) is 16.7 Å². The standard InChI is InChI=1S/C12H17BrN2O3/c1-3-8(4-11(16)17)6-14-12(18)10-5-9(13)7-15(10)2/h5,7-8H,3-4,6H2,1-2H3,(H,14,18)(H,16,17). The molecule has 0 aliphatic heterocycles. The Labute approximate surface area is 114 Å². The van der Waals surface area contributed by atoms with E-state index in [9.17, 15) is 9.59 Å². The molecule has 1 rings (SSSR count). The lowest BCUT2D eigenvalue weighted by molar-refractivity contribution is -0.138. The third-order valence-corrected chi connectivity index (χ3v) is 3.23. The Balaban J connectivity index is 2.55. The lowest BCUT2D eigenvalue weighted by Gasteiger charge is -2.13. The molecule has 1 aromatic rings. The molecule has 1 heterocycles. The van der Waals surface area contributed by atoms with Crippen molar-refractivity contribution in [2.45, 2.75) is 19.8 Å². The van der Waals surface area contributed by atoms with Gasteiger partial charge in [0.25, 0.3) is 5.91 Å². The van der Waals surface area contributed by atoms with E-state index < -0.39 is 5.97 Å². The molecule has 2 N–H and O–H groups in total. The minimum absolute atomic E-state index is 0.0323. The largest absolute Gasteiger partial charge is 0.481 e. The van der Waals surface area contributed by atoms with Crippen LogP contribution < -0.4 is 5.32 Å². The molecular weight excluding hydrogens is 300 g/mol. The molecule has 6 heteroatoms. The summed E-state index contributed by atoms with van der Waals surface area (Å²) in [5.41, 5.74) is 0.548. The number of carbonyl (C=O) groups excluding carboxylic acids is 1. The van der Waals surface area contributed by atoms with E-state index in [0.717, 1.165) is 10.9 Å². The number of nitrogens with one attached hydrogen (secondary N) is 1. The number of carboxylic acids is 1. The average Bonchev–Trinajstić information content (AvgIpc) is 2.62. The Morgan fingerprint density at radius 3 is 2.67 bits per heavy atom. The molecule has 0 saturated carbocycles. The number of carbonyl (C=O) groups is 2. The number of carboxylic acid groups (broad SMARTS) is 1. The molecule has 0 saturated heterocycles. The first-order valence-corrected chi connectivity index (χ1v) is 6.55. The molecule has 1 unspecified atom stereocenters. The van der Waals surface area contributed by atoms with Crippen LogP contribution in [-0.2, 0) is 11.8 Å². The minimum Gasteiger partial charge on any atom is -0.481 e. The van der Waals surface area contributed by atoms with E-state index in [2.05, 4.69) is 21.2 Å². The number of hydrogen-bond acceptors (Lipinski definition) is 2. The SMILES string of the molecule is CCC(CNC(=O)c1cc(Br)cn1C)CC(=O)O. The highest BCUT2D eigenvalue weighted by molar-refractivity contribution is 9.10. The molecular formula is C12H17BrN2O3. The fraction of sp³-hybridized carbons (Fsp3) is 0.500. The maximum Gasteiger partial charge on any atom is 0.303 e. The third kappa shape index (κ3) is 4.18. The quantitative estimate of drug-likeness (QED) is 0.843. The fourth-order valence-electron chi connectivity index (χ4n) is 1.69. The Morgan fingerprint density at radius 2 is 2.22 bits per heavy atom. The second-order valence-corrected chi connectivity index (χ2v) is 5.15. The van der Waals surface area contributed by atoms with Crippen molar-refractivity contribution in [1.29, 1.82) is 0 Å². The van der Waals surface area contributed by atoms with Gasteiger partial charge in [-0.25, -0.2) is 0 Å². The number of aryl methyl sites for hydroxylation is 1. The number of aromatic nitrogens is 1. The summed E-state index contributed by atoms with van der Waals surface area (Å²) < 4.78 is 2.56. The predicted octanol–water partition coefficient (Wildman–Crippen LogP) is 2.02. The zero-order valence-corrected chi connectivity index (χ0v) is 12.0. The molecule has 0 bridgehead atoms. The number of nitrogens with zero attached hydrogens (tertiary/aromatic N) is 1. The molecule has 0 aliphatic rings. The van der Waals surface area contributed by atoms with Gasteiger partial charge in [-0.05, 0) is 27.9 Å². The Kier molecular flexibility index (Phi) is 5.40. The first kappa shape index (κ1) is 14.8. The van der Waals surface area contributed by atoms with Crippen molar-refractivity contribution in [3.05, 3.63) is 22.4 Å².